The molecule has 0 spiro atoms. The summed E-state index contributed by atoms with van der Waals surface area (Å²) in [4.78, 5) is 6.42. The fraction of sp³-hybridized carbons (Fsp3) is 0.500. The van der Waals surface area contributed by atoms with Gasteiger partial charge in [0.05, 0.1) is 5.56 Å². The van der Waals surface area contributed by atoms with Gasteiger partial charge in [-0.2, -0.15) is 5.26 Å². The number of aryl methyl sites for hydroxylation is 1. The molecule has 2 atom stereocenters. The van der Waals surface area contributed by atoms with Crippen LogP contribution >= 0.6 is 0 Å². The quantitative estimate of drug-likeness (QED) is 0.762. The van der Waals surface area contributed by atoms with Crippen LogP contribution in [0.15, 0.2) is 12.3 Å². The van der Waals surface area contributed by atoms with E-state index in [9.17, 15) is 0 Å². The van der Waals surface area contributed by atoms with Crippen LogP contribution in [0.25, 0.3) is 0 Å². The lowest BCUT2D eigenvalue weighted by Gasteiger charge is -2.18. The summed E-state index contributed by atoms with van der Waals surface area (Å²) in [6, 6.07) is 4.26. The number of aromatic nitrogens is 1. The van der Waals surface area contributed by atoms with E-state index in [1.54, 1.807) is 6.20 Å². The van der Waals surface area contributed by atoms with Crippen LogP contribution in [-0.2, 0) is 0 Å². The standard InChI is InChI=1S/C12H16N4/c1-8-3-4-15-12(10(8)5-13)16-6-9(2)11(14)7-16/h3-4,9,11H,6-7,14H2,1-2H3. The molecule has 0 bridgehead atoms. The van der Waals surface area contributed by atoms with E-state index < -0.39 is 0 Å². The summed E-state index contributed by atoms with van der Waals surface area (Å²) in [5.41, 5.74) is 7.63. The third-order valence-electron chi connectivity index (χ3n) is 3.22. The highest BCUT2D eigenvalue weighted by Crippen LogP contribution is 2.25. The van der Waals surface area contributed by atoms with E-state index in [4.69, 9.17) is 11.0 Å². The van der Waals surface area contributed by atoms with Gasteiger partial charge in [-0.05, 0) is 24.5 Å². The van der Waals surface area contributed by atoms with Crippen molar-refractivity contribution in [1.82, 2.24) is 4.98 Å². The van der Waals surface area contributed by atoms with Gasteiger partial charge in [-0.3, -0.25) is 0 Å². The van der Waals surface area contributed by atoms with Crippen LogP contribution in [0.3, 0.4) is 0 Å². The Morgan fingerprint density at radius 3 is 2.88 bits per heavy atom. The van der Waals surface area contributed by atoms with Gasteiger partial charge in [0.2, 0.25) is 0 Å². The molecule has 0 radical (unpaired) electrons. The Labute approximate surface area is 95.7 Å². The van der Waals surface area contributed by atoms with Crippen molar-refractivity contribution in [2.75, 3.05) is 18.0 Å². The molecular formula is C12H16N4. The maximum atomic E-state index is 9.14. The molecule has 4 heteroatoms. The molecule has 1 aliphatic heterocycles. The number of hydrogen-bond donors (Lipinski definition) is 1. The Morgan fingerprint density at radius 1 is 1.56 bits per heavy atom. The van der Waals surface area contributed by atoms with Gasteiger partial charge in [-0.1, -0.05) is 6.92 Å². The Morgan fingerprint density at radius 2 is 2.31 bits per heavy atom. The maximum Gasteiger partial charge on any atom is 0.146 e. The lowest BCUT2D eigenvalue weighted by Crippen LogP contribution is -2.29. The molecule has 1 aromatic heterocycles. The first kappa shape index (κ1) is 10.9. The van der Waals surface area contributed by atoms with Crippen molar-refractivity contribution in [3.8, 4) is 6.07 Å². The fourth-order valence-electron chi connectivity index (χ4n) is 2.09. The van der Waals surface area contributed by atoms with Gasteiger partial charge < -0.3 is 10.6 Å². The van der Waals surface area contributed by atoms with Gasteiger partial charge in [-0.15, -0.1) is 0 Å². The Balaban J connectivity index is 2.35. The molecule has 0 aromatic carbocycles. The third-order valence-corrected chi connectivity index (χ3v) is 3.22. The zero-order valence-electron chi connectivity index (χ0n) is 9.64. The van der Waals surface area contributed by atoms with Crippen LogP contribution in [0.5, 0.6) is 0 Å². The highest BCUT2D eigenvalue weighted by Gasteiger charge is 2.28. The molecule has 1 aliphatic rings. The van der Waals surface area contributed by atoms with E-state index in [1.165, 1.54) is 0 Å². The zero-order valence-corrected chi connectivity index (χ0v) is 9.64. The number of rotatable bonds is 1. The molecular weight excluding hydrogens is 200 g/mol. The molecule has 2 unspecified atom stereocenters. The molecule has 1 aromatic rings. The van der Waals surface area contributed by atoms with E-state index in [0.29, 0.717) is 11.5 Å². The van der Waals surface area contributed by atoms with Crippen molar-refractivity contribution in [3.05, 3.63) is 23.4 Å². The van der Waals surface area contributed by atoms with Crippen molar-refractivity contribution in [2.24, 2.45) is 11.7 Å². The van der Waals surface area contributed by atoms with E-state index in [0.717, 1.165) is 24.5 Å². The fourth-order valence-corrected chi connectivity index (χ4v) is 2.09. The van der Waals surface area contributed by atoms with Gasteiger partial charge >= 0.3 is 0 Å². The predicted molar refractivity (Wildman–Crippen MR) is 63.0 cm³/mol. The summed E-state index contributed by atoms with van der Waals surface area (Å²) in [5, 5.41) is 9.14. The van der Waals surface area contributed by atoms with Crippen molar-refractivity contribution >= 4 is 5.82 Å². The first-order valence-electron chi connectivity index (χ1n) is 5.49. The molecule has 0 amide bonds. The number of nitriles is 1. The first-order valence-corrected chi connectivity index (χ1v) is 5.49. The van der Waals surface area contributed by atoms with Crippen molar-refractivity contribution < 1.29 is 0 Å². The zero-order chi connectivity index (χ0) is 11.7. The molecule has 2 rings (SSSR count). The van der Waals surface area contributed by atoms with Gasteiger partial charge in [0.25, 0.3) is 0 Å². The second-order valence-electron chi connectivity index (χ2n) is 4.48. The van der Waals surface area contributed by atoms with Crippen LogP contribution < -0.4 is 10.6 Å². The smallest absolute Gasteiger partial charge is 0.146 e. The topological polar surface area (TPSA) is 65.9 Å². The Kier molecular flexibility index (Phi) is 2.80. The number of hydrogen-bond acceptors (Lipinski definition) is 4. The minimum absolute atomic E-state index is 0.175. The van der Waals surface area contributed by atoms with Crippen LogP contribution in [0, 0.1) is 24.2 Å². The van der Waals surface area contributed by atoms with Crippen LogP contribution in [0.4, 0.5) is 5.82 Å². The minimum atomic E-state index is 0.175. The Bertz CT molecular complexity index is 425. The van der Waals surface area contributed by atoms with Gasteiger partial charge in [0.15, 0.2) is 0 Å². The number of anilines is 1. The molecule has 16 heavy (non-hydrogen) atoms. The molecule has 2 N–H and O–H groups in total. The van der Waals surface area contributed by atoms with Crippen molar-refractivity contribution in [1.29, 1.82) is 5.26 Å². The minimum Gasteiger partial charge on any atom is -0.354 e. The average Bonchev–Trinajstić information content (AvgIpc) is 2.59. The van der Waals surface area contributed by atoms with Crippen LogP contribution in [0.1, 0.15) is 18.1 Å². The second kappa shape index (κ2) is 4.11. The highest BCUT2D eigenvalue weighted by molar-refractivity contribution is 5.57. The van der Waals surface area contributed by atoms with E-state index in [-0.39, 0.29) is 6.04 Å². The van der Waals surface area contributed by atoms with E-state index >= 15 is 0 Å². The Hall–Kier alpha value is -1.60. The molecule has 84 valence electrons. The summed E-state index contributed by atoms with van der Waals surface area (Å²) in [6.07, 6.45) is 1.75. The van der Waals surface area contributed by atoms with E-state index in [1.807, 2.05) is 13.0 Å². The molecule has 2 heterocycles. The summed E-state index contributed by atoms with van der Waals surface area (Å²) in [5.74, 6) is 1.23. The van der Waals surface area contributed by atoms with Crippen LogP contribution in [0.2, 0.25) is 0 Å². The van der Waals surface area contributed by atoms with E-state index in [2.05, 4.69) is 22.9 Å². The summed E-state index contributed by atoms with van der Waals surface area (Å²) < 4.78 is 0. The van der Waals surface area contributed by atoms with Crippen LogP contribution in [-0.4, -0.2) is 24.1 Å². The number of nitrogens with zero attached hydrogens (tertiary/aromatic N) is 3. The highest BCUT2D eigenvalue weighted by atomic mass is 15.2. The largest absolute Gasteiger partial charge is 0.354 e. The van der Waals surface area contributed by atoms with Gasteiger partial charge in [0.1, 0.15) is 11.9 Å². The predicted octanol–water partition coefficient (Wildman–Crippen LogP) is 1.05. The van der Waals surface area contributed by atoms with Gasteiger partial charge in [-0.25, -0.2) is 4.98 Å². The summed E-state index contributed by atoms with van der Waals surface area (Å²) >= 11 is 0. The summed E-state index contributed by atoms with van der Waals surface area (Å²) in [6.45, 7) is 5.73. The maximum absolute atomic E-state index is 9.14. The summed E-state index contributed by atoms with van der Waals surface area (Å²) in [7, 11) is 0. The lowest BCUT2D eigenvalue weighted by molar-refractivity contribution is 0.566. The lowest BCUT2D eigenvalue weighted by atomic mass is 10.1. The SMILES string of the molecule is Cc1ccnc(N2CC(C)C(N)C2)c1C#N. The monoisotopic (exact) mass is 216 g/mol. The number of nitrogens with two attached hydrogens (primary N) is 1. The normalized spacial score (nSPS) is 24.5. The third kappa shape index (κ3) is 1.74. The molecule has 1 saturated heterocycles. The average molecular weight is 216 g/mol. The second-order valence-corrected chi connectivity index (χ2v) is 4.48. The van der Waals surface area contributed by atoms with Crippen molar-refractivity contribution in [3.63, 3.8) is 0 Å². The molecule has 0 aliphatic carbocycles. The molecule has 4 nitrogen and oxygen atoms in total. The number of pyridine rings is 1. The molecule has 0 saturated carbocycles. The van der Waals surface area contributed by atoms with Gasteiger partial charge in [0, 0.05) is 25.3 Å². The van der Waals surface area contributed by atoms with Crippen molar-refractivity contribution in [2.45, 2.75) is 19.9 Å². The first-order chi connectivity index (χ1) is 7.63. The molecule has 1 fully saturated rings.